The van der Waals surface area contributed by atoms with Gasteiger partial charge in [-0.3, -0.25) is 4.90 Å². The van der Waals surface area contributed by atoms with E-state index in [-0.39, 0.29) is 5.60 Å². The van der Waals surface area contributed by atoms with Gasteiger partial charge in [-0.1, -0.05) is 18.2 Å². The van der Waals surface area contributed by atoms with Crippen LogP contribution in [0.1, 0.15) is 31.9 Å². The molecule has 0 aliphatic carbocycles. The minimum absolute atomic E-state index is 0.0464. The van der Waals surface area contributed by atoms with Crippen molar-refractivity contribution >= 4 is 0 Å². The number of para-hydroxylation sites is 1. The van der Waals surface area contributed by atoms with Gasteiger partial charge < -0.3 is 10.1 Å². The molecule has 2 heterocycles. The van der Waals surface area contributed by atoms with Crippen LogP contribution in [0, 0.1) is 0 Å². The molecule has 1 saturated heterocycles. The molecule has 1 fully saturated rings. The molecule has 0 spiro atoms. The summed E-state index contributed by atoms with van der Waals surface area (Å²) in [4.78, 5) is 2.52. The first-order valence-electron chi connectivity index (χ1n) is 7.29. The Morgan fingerprint density at radius 1 is 1.42 bits per heavy atom. The average Bonchev–Trinajstić information content (AvgIpc) is 2.64. The number of rotatable bonds is 2. The SMILES string of the molecule is C[C@H]1CN(Cc2cccc3c2OC(C)(C)C3)CCN1. The fourth-order valence-corrected chi connectivity index (χ4v) is 3.20. The summed E-state index contributed by atoms with van der Waals surface area (Å²) in [6.45, 7) is 10.9. The molecule has 1 aromatic rings. The van der Waals surface area contributed by atoms with Crippen molar-refractivity contribution in [1.82, 2.24) is 10.2 Å². The number of benzene rings is 1. The van der Waals surface area contributed by atoms with E-state index in [2.05, 4.69) is 49.2 Å². The molecular weight excluding hydrogens is 236 g/mol. The Kier molecular flexibility index (Phi) is 3.27. The Hall–Kier alpha value is -1.06. The Labute approximate surface area is 115 Å². The Morgan fingerprint density at radius 3 is 3.05 bits per heavy atom. The number of hydrogen-bond acceptors (Lipinski definition) is 3. The van der Waals surface area contributed by atoms with Crippen molar-refractivity contribution in [1.29, 1.82) is 0 Å². The van der Waals surface area contributed by atoms with E-state index in [9.17, 15) is 0 Å². The molecule has 104 valence electrons. The van der Waals surface area contributed by atoms with Crippen LogP contribution >= 0.6 is 0 Å². The van der Waals surface area contributed by atoms with Crippen molar-refractivity contribution in [3.8, 4) is 5.75 Å². The van der Waals surface area contributed by atoms with Gasteiger partial charge in [-0.15, -0.1) is 0 Å². The quantitative estimate of drug-likeness (QED) is 0.882. The van der Waals surface area contributed by atoms with Gasteiger partial charge in [0.25, 0.3) is 0 Å². The second-order valence-corrected chi connectivity index (χ2v) is 6.53. The highest BCUT2D eigenvalue weighted by molar-refractivity contribution is 5.45. The highest BCUT2D eigenvalue weighted by atomic mass is 16.5. The normalized spacial score (nSPS) is 25.9. The number of piperazine rings is 1. The number of fused-ring (bicyclic) bond motifs is 1. The van der Waals surface area contributed by atoms with Crippen LogP contribution in [0.3, 0.4) is 0 Å². The summed E-state index contributed by atoms with van der Waals surface area (Å²) in [7, 11) is 0. The summed E-state index contributed by atoms with van der Waals surface area (Å²) in [6.07, 6.45) is 1.02. The van der Waals surface area contributed by atoms with Crippen molar-refractivity contribution in [2.24, 2.45) is 0 Å². The molecule has 0 bridgehead atoms. The number of hydrogen-bond donors (Lipinski definition) is 1. The first-order chi connectivity index (χ1) is 9.03. The van der Waals surface area contributed by atoms with Crippen LogP contribution in [0.2, 0.25) is 0 Å². The Morgan fingerprint density at radius 2 is 2.26 bits per heavy atom. The van der Waals surface area contributed by atoms with Crippen molar-refractivity contribution in [2.75, 3.05) is 19.6 Å². The average molecular weight is 260 g/mol. The predicted molar refractivity (Wildman–Crippen MR) is 77.6 cm³/mol. The van der Waals surface area contributed by atoms with E-state index in [0.29, 0.717) is 6.04 Å². The summed E-state index contributed by atoms with van der Waals surface area (Å²) in [5.41, 5.74) is 2.66. The molecule has 0 amide bonds. The van der Waals surface area contributed by atoms with Crippen LogP contribution in [0.5, 0.6) is 5.75 Å². The molecule has 3 rings (SSSR count). The lowest BCUT2D eigenvalue weighted by Gasteiger charge is -2.32. The molecule has 0 saturated carbocycles. The van der Waals surface area contributed by atoms with Crippen molar-refractivity contribution in [3.63, 3.8) is 0 Å². The number of nitrogens with one attached hydrogen (secondary N) is 1. The zero-order chi connectivity index (χ0) is 13.5. The number of nitrogens with zero attached hydrogens (tertiary/aromatic N) is 1. The molecule has 0 radical (unpaired) electrons. The number of ether oxygens (including phenoxy) is 1. The van der Waals surface area contributed by atoms with E-state index in [0.717, 1.165) is 38.3 Å². The third kappa shape index (κ3) is 2.77. The third-order valence-corrected chi connectivity index (χ3v) is 4.02. The van der Waals surface area contributed by atoms with Gasteiger partial charge in [0.2, 0.25) is 0 Å². The highest BCUT2D eigenvalue weighted by Crippen LogP contribution is 2.38. The molecule has 1 atom stereocenters. The van der Waals surface area contributed by atoms with Crippen LogP contribution in [0.25, 0.3) is 0 Å². The van der Waals surface area contributed by atoms with Gasteiger partial charge in [0, 0.05) is 44.2 Å². The van der Waals surface area contributed by atoms with Gasteiger partial charge in [0.05, 0.1) is 0 Å². The van der Waals surface area contributed by atoms with E-state index < -0.39 is 0 Å². The smallest absolute Gasteiger partial charge is 0.127 e. The maximum atomic E-state index is 6.15. The summed E-state index contributed by atoms with van der Waals surface area (Å²) < 4.78 is 6.15. The van der Waals surface area contributed by atoms with Gasteiger partial charge in [-0.25, -0.2) is 0 Å². The monoisotopic (exact) mass is 260 g/mol. The molecule has 0 unspecified atom stereocenters. The predicted octanol–water partition coefficient (Wildman–Crippen LogP) is 2.19. The van der Waals surface area contributed by atoms with Gasteiger partial charge in [-0.05, 0) is 26.3 Å². The van der Waals surface area contributed by atoms with Crippen molar-refractivity contribution < 1.29 is 4.74 Å². The van der Waals surface area contributed by atoms with Crippen LogP contribution in [-0.4, -0.2) is 36.2 Å². The molecule has 3 nitrogen and oxygen atoms in total. The minimum atomic E-state index is -0.0464. The summed E-state index contributed by atoms with van der Waals surface area (Å²) >= 11 is 0. The van der Waals surface area contributed by atoms with Crippen molar-refractivity contribution in [3.05, 3.63) is 29.3 Å². The summed E-state index contributed by atoms with van der Waals surface area (Å²) in [5.74, 6) is 1.14. The second kappa shape index (κ2) is 4.80. The van der Waals surface area contributed by atoms with Crippen LogP contribution in [0.4, 0.5) is 0 Å². The molecule has 1 N–H and O–H groups in total. The van der Waals surface area contributed by atoms with Crippen LogP contribution in [0.15, 0.2) is 18.2 Å². The van der Waals surface area contributed by atoms with Crippen LogP contribution < -0.4 is 10.1 Å². The zero-order valence-corrected chi connectivity index (χ0v) is 12.2. The molecule has 2 aliphatic heterocycles. The molecule has 3 heteroatoms. The third-order valence-electron chi connectivity index (χ3n) is 4.02. The van der Waals surface area contributed by atoms with E-state index in [1.165, 1.54) is 11.1 Å². The second-order valence-electron chi connectivity index (χ2n) is 6.53. The van der Waals surface area contributed by atoms with E-state index in [1.54, 1.807) is 0 Å². The Bertz CT molecular complexity index is 470. The highest BCUT2D eigenvalue weighted by Gasteiger charge is 2.32. The Balaban J connectivity index is 1.78. The van der Waals surface area contributed by atoms with Crippen molar-refractivity contribution in [2.45, 2.75) is 45.4 Å². The lowest BCUT2D eigenvalue weighted by molar-refractivity contribution is 0.133. The molecule has 19 heavy (non-hydrogen) atoms. The summed E-state index contributed by atoms with van der Waals surface area (Å²) in [5, 5.41) is 3.49. The molecule has 1 aromatic carbocycles. The largest absolute Gasteiger partial charge is 0.487 e. The van der Waals surface area contributed by atoms with E-state index >= 15 is 0 Å². The maximum Gasteiger partial charge on any atom is 0.127 e. The zero-order valence-electron chi connectivity index (χ0n) is 12.2. The standard InChI is InChI=1S/C16H24N2O/c1-12-10-18(8-7-17-12)11-14-6-4-5-13-9-16(2,3)19-15(13)14/h4-6,12,17H,7-11H2,1-3H3/t12-/m0/s1. The van der Waals surface area contributed by atoms with E-state index in [4.69, 9.17) is 4.74 Å². The minimum Gasteiger partial charge on any atom is -0.487 e. The molecule has 2 aliphatic rings. The lowest BCUT2D eigenvalue weighted by atomic mass is 10.0. The van der Waals surface area contributed by atoms with Gasteiger partial charge >= 0.3 is 0 Å². The van der Waals surface area contributed by atoms with Crippen LogP contribution in [-0.2, 0) is 13.0 Å². The maximum absolute atomic E-state index is 6.15. The first kappa shape index (κ1) is 12.9. The van der Waals surface area contributed by atoms with Gasteiger partial charge in [0.15, 0.2) is 0 Å². The van der Waals surface area contributed by atoms with Gasteiger partial charge in [0.1, 0.15) is 11.4 Å². The fourth-order valence-electron chi connectivity index (χ4n) is 3.20. The first-order valence-corrected chi connectivity index (χ1v) is 7.29. The van der Waals surface area contributed by atoms with E-state index in [1.807, 2.05) is 0 Å². The summed E-state index contributed by atoms with van der Waals surface area (Å²) in [6, 6.07) is 7.17. The molecule has 0 aromatic heterocycles. The van der Waals surface area contributed by atoms with Gasteiger partial charge in [-0.2, -0.15) is 0 Å². The fraction of sp³-hybridized carbons (Fsp3) is 0.625. The topological polar surface area (TPSA) is 24.5 Å². The lowest BCUT2D eigenvalue weighted by Crippen LogP contribution is -2.48. The molecular formula is C16H24N2O.